The second kappa shape index (κ2) is 20.3. The quantitative estimate of drug-likeness (QED) is 0.167. The molecular weight excluding hydrogens is 719 g/mol. The number of sulfonamides is 1. The number of halogens is 2. The largest absolute Gasteiger partial charge is 0.458 e. The summed E-state index contributed by atoms with van der Waals surface area (Å²) in [6.07, 6.45) is 1.35. The van der Waals surface area contributed by atoms with Crippen molar-refractivity contribution in [3.05, 3.63) is 70.8 Å². The Morgan fingerprint density at radius 1 is 0.942 bits per heavy atom. The van der Waals surface area contributed by atoms with E-state index in [0.717, 1.165) is 42.0 Å². The predicted octanol–water partition coefficient (Wildman–Crippen LogP) is 4.00. The van der Waals surface area contributed by atoms with Crippen molar-refractivity contribution in [1.29, 1.82) is 0 Å². The van der Waals surface area contributed by atoms with Gasteiger partial charge in [-0.05, 0) is 67.3 Å². The van der Waals surface area contributed by atoms with E-state index in [9.17, 15) is 35.2 Å². The van der Waals surface area contributed by atoms with E-state index in [4.69, 9.17) is 15.2 Å². The lowest BCUT2D eigenvalue weighted by Crippen LogP contribution is -2.53. The van der Waals surface area contributed by atoms with Gasteiger partial charge in [0.1, 0.15) is 29.9 Å². The molecule has 1 unspecified atom stereocenters. The summed E-state index contributed by atoms with van der Waals surface area (Å²) < 4.78 is 91.8. The molecule has 0 aromatic heterocycles. The fourth-order valence-electron chi connectivity index (χ4n) is 6.26. The molecule has 1 aliphatic rings. The number of sulfone groups is 1. The van der Waals surface area contributed by atoms with Crippen molar-refractivity contribution in [3.63, 3.8) is 0 Å². The topological polar surface area (TPSA) is 174 Å². The Bertz CT molecular complexity index is 1660. The van der Waals surface area contributed by atoms with E-state index in [-0.39, 0.29) is 44.5 Å². The summed E-state index contributed by atoms with van der Waals surface area (Å²) in [4.78, 5) is 27.0. The van der Waals surface area contributed by atoms with E-state index in [2.05, 4.69) is 10.6 Å². The molecule has 0 aliphatic carbocycles. The molecule has 3 atom stereocenters. The van der Waals surface area contributed by atoms with Crippen LogP contribution in [0, 0.1) is 11.6 Å². The molecule has 1 aliphatic heterocycles. The van der Waals surface area contributed by atoms with E-state index >= 15 is 0 Å². The van der Waals surface area contributed by atoms with Crippen LogP contribution in [0.3, 0.4) is 0 Å². The maximum atomic E-state index is 14.0. The van der Waals surface area contributed by atoms with Gasteiger partial charge in [0.15, 0.2) is 9.84 Å². The first-order chi connectivity index (χ1) is 24.5. The number of hydrogen-bond acceptors (Lipinski definition) is 10. The first kappa shape index (κ1) is 43.2. The van der Waals surface area contributed by atoms with Gasteiger partial charge >= 0.3 is 12.1 Å². The van der Waals surface area contributed by atoms with Gasteiger partial charge in [-0.1, -0.05) is 57.9 Å². The van der Waals surface area contributed by atoms with Gasteiger partial charge in [0.05, 0.1) is 17.3 Å². The molecule has 0 bridgehead atoms. The summed E-state index contributed by atoms with van der Waals surface area (Å²) in [7, 11) is -7.36. The smallest absolute Gasteiger partial charge is 0.408 e. The Kier molecular flexibility index (Phi) is 16.9. The molecule has 16 heteroatoms. The summed E-state index contributed by atoms with van der Waals surface area (Å²) in [5, 5.41) is 4.86. The monoisotopic (exact) mass is 772 g/mol. The minimum atomic E-state index is -3.94. The average molecular weight is 773 g/mol. The normalized spacial score (nSPS) is 16.3. The van der Waals surface area contributed by atoms with Crippen LogP contribution in [-0.2, 0) is 53.5 Å². The molecule has 1 amide bonds. The first-order valence-electron chi connectivity index (χ1n) is 17.9. The van der Waals surface area contributed by atoms with Crippen LogP contribution in [0.2, 0.25) is 0 Å². The highest BCUT2D eigenvalue weighted by Gasteiger charge is 2.36. The zero-order valence-electron chi connectivity index (χ0n) is 30.5. The number of esters is 1. The van der Waals surface area contributed by atoms with Crippen LogP contribution in [0.15, 0.2) is 42.5 Å². The summed E-state index contributed by atoms with van der Waals surface area (Å²) in [5.74, 6) is -3.42. The lowest BCUT2D eigenvalue weighted by Gasteiger charge is -2.31. The van der Waals surface area contributed by atoms with Crippen molar-refractivity contribution >= 4 is 31.9 Å². The van der Waals surface area contributed by atoms with Crippen molar-refractivity contribution in [2.75, 3.05) is 31.6 Å². The van der Waals surface area contributed by atoms with Gasteiger partial charge in [-0.3, -0.25) is 0 Å². The SMILES string of the molecule is CCCC(CCC)S(=O)(=O)CC(NC(=O)OC1CCN(S(C)(=O)=O)CC1)C(=O)O[C@H](CNCc1cccc(CC)c1)[C@@H](N)Cc1cc(F)cc(F)c1. The standard InChI is InChI=1S/C36H54F2N4O8S2/c1-5-9-31(10-6-2)52(47,48)24-33(41-36(44)49-30-13-15-42(16-14-30)51(4,45)46)35(43)50-34(23-40-22-26-12-8-11-25(7-3)17-26)32(39)20-27-18-28(37)21-29(38)19-27/h8,11-12,17-19,21,30-34,40H,5-7,9-10,13-16,20,22-24,39H2,1-4H3,(H,41,44)/t32-,33?,34+/m0/s1. The number of ether oxygens (including phenoxy) is 2. The number of rotatable bonds is 20. The molecule has 1 saturated heterocycles. The van der Waals surface area contributed by atoms with Gasteiger partial charge in [-0.25, -0.2) is 39.5 Å². The van der Waals surface area contributed by atoms with Crippen LogP contribution >= 0.6 is 0 Å². The molecule has 0 spiro atoms. The Labute approximate surface area is 307 Å². The van der Waals surface area contributed by atoms with Crippen LogP contribution in [-0.4, -0.2) is 94.4 Å². The fraction of sp³-hybridized carbons (Fsp3) is 0.611. The van der Waals surface area contributed by atoms with Crippen molar-refractivity contribution in [2.45, 2.75) is 108 Å². The lowest BCUT2D eigenvalue weighted by atomic mass is 10.0. The summed E-state index contributed by atoms with van der Waals surface area (Å²) >= 11 is 0. The molecule has 0 saturated carbocycles. The Hall–Kier alpha value is -3.18. The molecule has 3 rings (SSSR count). The minimum absolute atomic E-state index is 0.00181. The van der Waals surface area contributed by atoms with Gasteiger partial charge in [-0.2, -0.15) is 0 Å². The highest BCUT2D eigenvalue weighted by atomic mass is 32.2. The molecule has 2 aromatic carbocycles. The third-order valence-electron chi connectivity index (χ3n) is 9.06. The van der Waals surface area contributed by atoms with Crippen molar-refractivity contribution in [2.24, 2.45) is 5.73 Å². The van der Waals surface area contributed by atoms with Gasteiger partial charge in [0, 0.05) is 38.3 Å². The molecule has 52 heavy (non-hydrogen) atoms. The molecule has 4 N–H and O–H groups in total. The summed E-state index contributed by atoms with van der Waals surface area (Å²) in [6, 6.07) is 8.19. The third kappa shape index (κ3) is 14.0. The molecule has 12 nitrogen and oxygen atoms in total. The number of piperidine rings is 1. The van der Waals surface area contributed by atoms with Crippen LogP contribution in [0.4, 0.5) is 13.6 Å². The maximum absolute atomic E-state index is 14.0. The highest BCUT2D eigenvalue weighted by molar-refractivity contribution is 7.92. The van der Waals surface area contributed by atoms with E-state index in [0.29, 0.717) is 32.2 Å². The summed E-state index contributed by atoms with van der Waals surface area (Å²) in [5.41, 5.74) is 8.82. The number of benzene rings is 2. The van der Waals surface area contributed by atoms with Crippen LogP contribution in [0.5, 0.6) is 0 Å². The number of alkyl carbamates (subject to hydrolysis) is 1. The van der Waals surface area contributed by atoms with Gasteiger partial charge in [0.2, 0.25) is 10.0 Å². The minimum Gasteiger partial charge on any atom is -0.458 e. The fourth-order valence-corrected chi connectivity index (χ4v) is 9.28. The van der Waals surface area contributed by atoms with E-state index in [1.54, 1.807) is 0 Å². The maximum Gasteiger partial charge on any atom is 0.408 e. The van der Waals surface area contributed by atoms with E-state index < -0.39 is 78.9 Å². The Balaban J connectivity index is 1.84. The second-order valence-electron chi connectivity index (χ2n) is 13.4. The number of nitrogens with two attached hydrogens (primary N) is 1. The molecule has 1 fully saturated rings. The molecular formula is C36H54F2N4O8S2. The lowest BCUT2D eigenvalue weighted by molar-refractivity contribution is -0.151. The zero-order chi connectivity index (χ0) is 38.5. The molecule has 2 aromatic rings. The van der Waals surface area contributed by atoms with Gasteiger partial charge in [0.25, 0.3) is 0 Å². The first-order valence-corrected chi connectivity index (χ1v) is 21.4. The van der Waals surface area contributed by atoms with E-state index in [1.165, 1.54) is 4.31 Å². The molecule has 292 valence electrons. The van der Waals surface area contributed by atoms with Gasteiger partial charge < -0.3 is 25.8 Å². The molecule has 1 heterocycles. The van der Waals surface area contributed by atoms with Crippen LogP contribution in [0.25, 0.3) is 0 Å². The number of carbonyl (C=O) groups excluding carboxylic acids is 2. The van der Waals surface area contributed by atoms with Crippen LogP contribution < -0.4 is 16.4 Å². The molecule has 0 radical (unpaired) electrons. The predicted molar refractivity (Wildman–Crippen MR) is 196 cm³/mol. The van der Waals surface area contributed by atoms with Gasteiger partial charge in [-0.15, -0.1) is 0 Å². The van der Waals surface area contributed by atoms with Crippen molar-refractivity contribution in [3.8, 4) is 0 Å². The zero-order valence-corrected chi connectivity index (χ0v) is 32.1. The van der Waals surface area contributed by atoms with Crippen molar-refractivity contribution in [1.82, 2.24) is 14.9 Å². The number of nitrogens with one attached hydrogen (secondary N) is 2. The van der Waals surface area contributed by atoms with E-state index in [1.807, 2.05) is 45.0 Å². The Morgan fingerprint density at radius 2 is 1.56 bits per heavy atom. The number of aryl methyl sites for hydroxylation is 1. The highest BCUT2D eigenvalue weighted by Crippen LogP contribution is 2.20. The second-order valence-corrected chi connectivity index (χ2v) is 17.7. The van der Waals surface area contributed by atoms with Crippen LogP contribution in [0.1, 0.15) is 76.0 Å². The number of carbonyl (C=O) groups is 2. The average Bonchev–Trinajstić information content (AvgIpc) is 3.06. The van der Waals surface area contributed by atoms with Crippen molar-refractivity contribution < 1.29 is 44.7 Å². The summed E-state index contributed by atoms with van der Waals surface area (Å²) in [6.45, 7) is 6.39. The Morgan fingerprint density at radius 3 is 2.13 bits per heavy atom. The number of amides is 1. The third-order valence-corrected chi connectivity index (χ3v) is 12.6. The number of nitrogens with zero attached hydrogens (tertiary/aromatic N) is 1. The number of hydrogen-bond donors (Lipinski definition) is 3.